The van der Waals surface area contributed by atoms with Crippen LogP contribution in [0.4, 0.5) is 5.82 Å². The van der Waals surface area contributed by atoms with Gasteiger partial charge in [-0.2, -0.15) is 5.10 Å². The second kappa shape index (κ2) is 10.7. The van der Waals surface area contributed by atoms with Crippen LogP contribution in [0.1, 0.15) is 21.5 Å². The molecule has 4 rings (SSSR count). The molecule has 0 saturated heterocycles. The van der Waals surface area contributed by atoms with Gasteiger partial charge in [-0.15, -0.1) is 11.8 Å². The number of para-hydroxylation sites is 1. The maximum Gasteiger partial charge on any atom is 0.256 e. The topological polar surface area (TPSA) is 65.4 Å². The van der Waals surface area contributed by atoms with Crippen LogP contribution in [0.3, 0.4) is 0 Å². The largest absolute Gasteiger partial charge is 0.493 e. The molecule has 0 bridgehead atoms. The third-order valence-electron chi connectivity index (χ3n) is 5.13. The summed E-state index contributed by atoms with van der Waals surface area (Å²) in [6, 6.07) is 25.4. The van der Waals surface area contributed by atoms with Crippen LogP contribution >= 0.6 is 11.8 Å². The van der Waals surface area contributed by atoms with Gasteiger partial charge in [-0.3, -0.25) is 4.79 Å². The van der Waals surface area contributed by atoms with Crippen molar-refractivity contribution in [2.24, 2.45) is 0 Å². The van der Waals surface area contributed by atoms with Crippen molar-refractivity contribution >= 4 is 23.5 Å². The standard InChI is InChI=1S/C26H25N3O3S/c1-31-23-10-6-9-21(25(23)32-2)17-29-24(15-16-27-29)28-26(30)20-11-13-22(14-12-20)33-18-19-7-4-3-5-8-19/h3-16H,17-18H2,1-2H3,(H,28,30). The second-order valence-corrected chi connectivity index (χ2v) is 8.33. The van der Waals surface area contributed by atoms with Crippen molar-refractivity contribution in [3.8, 4) is 11.5 Å². The Morgan fingerprint density at radius 2 is 1.73 bits per heavy atom. The van der Waals surface area contributed by atoms with E-state index in [4.69, 9.17) is 9.47 Å². The lowest BCUT2D eigenvalue weighted by atomic mass is 10.2. The fourth-order valence-electron chi connectivity index (χ4n) is 3.44. The number of carbonyl (C=O) groups excluding carboxylic acids is 1. The Kier molecular flexibility index (Phi) is 7.32. The van der Waals surface area contributed by atoms with Gasteiger partial charge >= 0.3 is 0 Å². The lowest BCUT2D eigenvalue weighted by molar-refractivity contribution is 0.102. The van der Waals surface area contributed by atoms with E-state index in [9.17, 15) is 4.79 Å². The van der Waals surface area contributed by atoms with Crippen LogP contribution in [0, 0.1) is 0 Å². The first-order valence-corrected chi connectivity index (χ1v) is 11.5. The van der Waals surface area contributed by atoms with Crippen LogP contribution in [0.5, 0.6) is 11.5 Å². The van der Waals surface area contributed by atoms with E-state index in [1.54, 1.807) is 42.9 Å². The van der Waals surface area contributed by atoms with Crippen LogP contribution in [0.2, 0.25) is 0 Å². The van der Waals surface area contributed by atoms with E-state index in [0.29, 0.717) is 29.4 Å². The molecule has 33 heavy (non-hydrogen) atoms. The molecule has 1 heterocycles. The Hall–Kier alpha value is -3.71. The van der Waals surface area contributed by atoms with Gasteiger partial charge in [0.2, 0.25) is 0 Å². The Labute approximate surface area is 197 Å². The molecule has 1 N–H and O–H groups in total. The molecule has 0 radical (unpaired) electrons. The summed E-state index contributed by atoms with van der Waals surface area (Å²) >= 11 is 1.74. The van der Waals surface area contributed by atoms with Gasteiger partial charge < -0.3 is 14.8 Å². The summed E-state index contributed by atoms with van der Waals surface area (Å²) in [5.74, 6) is 2.61. The van der Waals surface area contributed by atoms with Crippen LogP contribution in [0.25, 0.3) is 0 Å². The number of methoxy groups -OCH3 is 2. The van der Waals surface area contributed by atoms with E-state index in [1.165, 1.54) is 5.56 Å². The van der Waals surface area contributed by atoms with Crippen LogP contribution < -0.4 is 14.8 Å². The van der Waals surface area contributed by atoms with Crippen molar-refractivity contribution in [3.05, 3.63) is 102 Å². The van der Waals surface area contributed by atoms with E-state index in [1.807, 2.05) is 60.7 Å². The van der Waals surface area contributed by atoms with Gasteiger partial charge in [0.25, 0.3) is 5.91 Å². The molecule has 168 valence electrons. The van der Waals surface area contributed by atoms with Gasteiger partial charge in [0, 0.05) is 27.8 Å². The summed E-state index contributed by atoms with van der Waals surface area (Å²) in [4.78, 5) is 13.9. The van der Waals surface area contributed by atoms with Crippen molar-refractivity contribution < 1.29 is 14.3 Å². The molecule has 1 aromatic heterocycles. The lowest BCUT2D eigenvalue weighted by Gasteiger charge is -2.14. The lowest BCUT2D eigenvalue weighted by Crippen LogP contribution is -2.16. The smallest absolute Gasteiger partial charge is 0.256 e. The van der Waals surface area contributed by atoms with E-state index >= 15 is 0 Å². The summed E-state index contributed by atoms with van der Waals surface area (Å²) in [6.45, 7) is 0.429. The molecular weight excluding hydrogens is 434 g/mol. The zero-order valence-corrected chi connectivity index (χ0v) is 19.3. The number of nitrogens with one attached hydrogen (secondary N) is 1. The minimum atomic E-state index is -0.186. The molecule has 0 aliphatic heterocycles. The molecule has 1 amide bonds. The highest BCUT2D eigenvalue weighted by Gasteiger charge is 2.14. The monoisotopic (exact) mass is 459 g/mol. The van der Waals surface area contributed by atoms with Crippen molar-refractivity contribution in [3.63, 3.8) is 0 Å². The van der Waals surface area contributed by atoms with Gasteiger partial charge in [-0.05, 0) is 35.9 Å². The number of anilines is 1. The molecule has 7 heteroatoms. The summed E-state index contributed by atoms with van der Waals surface area (Å²) in [5, 5.41) is 7.31. The van der Waals surface area contributed by atoms with Gasteiger partial charge in [0.1, 0.15) is 5.82 Å². The molecule has 0 unspecified atom stereocenters. The molecule has 0 fully saturated rings. The van der Waals surface area contributed by atoms with Crippen LogP contribution in [-0.2, 0) is 12.3 Å². The number of carbonyl (C=O) groups is 1. The third kappa shape index (κ3) is 5.56. The molecular formula is C26H25N3O3S. The zero-order valence-electron chi connectivity index (χ0n) is 18.5. The summed E-state index contributed by atoms with van der Waals surface area (Å²) in [7, 11) is 3.21. The van der Waals surface area contributed by atoms with Crippen molar-refractivity contribution in [1.29, 1.82) is 0 Å². The molecule has 0 atom stereocenters. The SMILES string of the molecule is COc1cccc(Cn2nccc2NC(=O)c2ccc(SCc3ccccc3)cc2)c1OC. The fourth-order valence-corrected chi connectivity index (χ4v) is 4.29. The Morgan fingerprint density at radius 3 is 2.45 bits per heavy atom. The van der Waals surface area contributed by atoms with Gasteiger partial charge in [-0.1, -0.05) is 42.5 Å². The highest BCUT2D eigenvalue weighted by Crippen LogP contribution is 2.31. The first kappa shape index (κ1) is 22.5. The average Bonchev–Trinajstić information content (AvgIpc) is 3.29. The Balaban J connectivity index is 1.41. The first-order valence-electron chi connectivity index (χ1n) is 10.5. The maximum absolute atomic E-state index is 12.8. The molecule has 0 saturated carbocycles. The van der Waals surface area contributed by atoms with E-state index in [0.717, 1.165) is 16.2 Å². The van der Waals surface area contributed by atoms with E-state index < -0.39 is 0 Å². The van der Waals surface area contributed by atoms with Gasteiger partial charge in [0.15, 0.2) is 11.5 Å². The van der Waals surface area contributed by atoms with Crippen LogP contribution in [-0.4, -0.2) is 29.9 Å². The summed E-state index contributed by atoms with van der Waals surface area (Å²) in [6.07, 6.45) is 1.66. The molecule has 6 nitrogen and oxygen atoms in total. The molecule has 4 aromatic rings. The number of thioether (sulfide) groups is 1. The Bertz CT molecular complexity index is 1210. The average molecular weight is 460 g/mol. The van der Waals surface area contributed by atoms with Crippen molar-refractivity contribution in [1.82, 2.24) is 9.78 Å². The number of hydrogen-bond donors (Lipinski definition) is 1. The van der Waals surface area contributed by atoms with Crippen LogP contribution in [0.15, 0.2) is 90.0 Å². The normalized spacial score (nSPS) is 10.6. The van der Waals surface area contributed by atoms with E-state index in [-0.39, 0.29) is 5.91 Å². The zero-order chi connectivity index (χ0) is 23.0. The molecule has 0 aliphatic carbocycles. The van der Waals surface area contributed by atoms with Gasteiger partial charge in [0.05, 0.1) is 27.0 Å². The number of hydrogen-bond acceptors (Lipinski definition) is 5. The van der Waals surface area contributed by atoms with Gasteiger partial charge in [-0.25, -0.2) is 4.68 Å². The van der Waals surface area contributed by atoms with Crippen molar-refractivity contribution in [2.45, 2.75) is 17.2 Å². The first-order chi connectivity index (χ1) is 16.2. The Morgan fingerprint density at radius 1 is 0.939 bits per heavy atom. The molecule has 0 aliphatic rings. The predicted molar refractivity (Wildman–Crippen MR) is 131 cm³/mol. The third-order valence-corrected chi connectivity index (χ3v) is 6.21. The van der Waals surface area contributed by atoms with Crippen molar-refractivity contribution in [2.75, 3.05) is 19.5 Å². The number of benzene rings is 3. The molecule has 3 aromatic carbocycles. The predicted octanol–water partition coefficient (Wildman–Crippen LogP) is 5.49. The number of rotatable bonds is 9. The number of amides is 1. The maximum atomic E-state index is 12.8. The number of aromatic nitrogens is 2. The number of ether oxygens (including phenoxy) is 2. The molecule has 0 spiro atoms. The van der Waals surface area contributed by atoms with E-state index in [2.05, 4.69) is 22.5 Å². The highest BCUT2D eigenvalue weighted by molar-refractivity contribution is 7.98. The minimum absolute atomic E-state index is 0.186. The minimum Gasteiger partial charge on any atom is -0.493 e. The summed E-state index contributed by atoms with van der Waals surface area (Å²) < 4.78 is 12.6. The highest BCUT2D eigenvalue weighted by atomic mass is 32.2. The quantitative estimate of drug-likeness (QED) is 0.335. The fraction of sp³-hybridized carbons (Fsp3) is 0.154. The second-order valence-electron chi connectivity index (χ2n) is 7.28. The summed E-state index contributed by atoms with van der Waals surface area (Å²) in [5.41, 5.74) is 2.76. The number of nitrogens with zero attached hydrogens (tertiary/aromatic N) is 2.